The Hall–Kier alpha value is -2.90. The molecule has 1 aliphatic heterocycles. The van der Waals surface area contributed by atoms with Crippen molar-refractivity contribution in [1.82, 2.24) is 25.0 Å². The van der Waals surface area contributed by atoms with Gasteiger partial charge in [0.05, 0.1) is 13.2 Å². The van der Waals surface area contributed by atoms with E-state index in [9.17, 15) is 4.79 Å². The van der Waals surface area contributed by atoms with Crippen LogP contribution in [0.15, 0.2) is 55.0 Å². The first-order valence-electron chi connectivity index (χ1n) is 9.29. The largest absolute Gasteiger partial charge is 0.494 e. The fourth-order valence-electron chi connectivity index (χ4n) is 3.52. The standard InChI is InChI=1S/C21H23N5O2.ClH/c1-15-5-6-20(28-2)18(12-15)26-10-7-17(24-26)21(27)25-11-9-23-14-19(25)16-4-3-8-22-13-16;/h3-8,10,12-13,19,23H,9,11,14H2,1-2H3;1H. The molecule has 1 unspecified atom stereocenters. The summed E-state index contributed by atoms with van der Waals surface area (Å²) in [6.07, 6.45) is 5.35. The van der Waals surface area contributed by atoms with Crippen LogP contribution in [0.1, 0.15) is 27.7 Å². The summed E-state index contributed by atoms with van der Waals surface area (Å²) in [5.41, 5.74) is 3.34. The summed E-state index contributed by atoms with van der Waals surface area (Å²) in [5, 5.41) is 7.90. The predicted octanol–water partition coefficient (Wildman–Crippen LogP) is 2.79. The van der Waals surface area contributed by atoms with Crippen molar-refractivity contribution in [3.05, 3.63) is 71.8 Å². The number of aromatic nitrogens is 3. The molecule has 2 aromatic heterocycles. The zero-order valence-electron chi connectivity index (χ0n) is 16.4. The monoisotopic (exact) mass is 413 g/mol. The second-order valence-corrected chi connectivity index (χ2v) is 6.83. The van der Waals surface area contributed by atoms with Gasteiger partial charge < -0.3 is 15.0 Å². The van der Waals surface area contributed by atoms with Gasteiger partial charge in [-0.15, -0.1) is 12.4 Å². The average Bonchev–Trinajstić information content (AvgIpc) is 3.24. The van der Waals surface area contributed by atoms with Crippen molar-refractivity contribution in [2.24, 2.45) is 0 Å². The lowest BCUT2D eigenvalue weighted by molar-refractivity contribution is 0.0627. The molecule has 1 fully saturated rings. The molecule has 0 radical (unpaired) electrons. The molecule has 29 heavy (non-hydrogen) atoms. The van der Waals surface area contributed by atoms with Crippen molar-refractivity contribution in [2.75, 3.05) is 26.7 Å². The van der Waals surface area contributed by atoms with Crippen LogP contribution < -0.4 is 10.1 Å². The molecule has 0 aliphatic carbocycles. The van der Waals surface area contributed by atoms with Crippen LogP contribution in [0.2, 0.25) is 0 Å². The summed E-state index contributed by atoms with van der Waals surface area (Å²) in [6, 6.07) is 11.5. The van der Waals surface area contributed by atoms with Gasteiger partial charge in [0.2, 0.25) is 0 Å². The van der Waals surface area contributed by atoms with Crippen LogP contribution in [-0.2, 0) is 0 Å². The summed E-state index contributed by atoms with van der Waals surface area (Å²) in [4.78, 5) is 19.3. The highest BCUT2D eigenvalue weighted by Crippen LogP contribution is 2.26. The minimum absolute atomic E-state index is 0. The van der Waals surface area contributed by atoms with Crippen LogP contribution >= 0.6 is 12.4 Å². The summed E-state index contributed by atoms with van der Waals surface area (Å²) in [7, 11) is 1.63. The number of halogens is 1. The van der Waals surface area contributed by atoms with Crippen molar-refractivity contribution in [3.63, 3.8) is 0 Å². The molecule has 152 valence electrons. The lowest BCUT2D eigenvalue weighted by Crippen LogP contribution is -2.48. The van der Waals surface area contributed by atoms with Crippen molar-refractivity contribution in [1.29, 1.82) is 0 Å². The van der Waals surface area contributed by atoms with Gasteiger partial charge in [-0.2, -0.15) is 5.10 Å². The van der Waals surface area contributed by atoms with E-state index in [0.29, 0.717) is 24.5 Å². The highest BCUT2D eigenvalue weighted by molar-refractivity contribution is 5.92. The van der Waals surface area contributed by atoms with Gasteiger partial charge in [0.25, 0.3) is 5.91 Å². The molecule has 1 saturated heterocycles. The number of rotatable bonds is 4. The van der Waals surface area contributed by atoms with Crippen LogP contribution in [0.5, 0.6) is 5.75 Å². The maximum Gasteiger partial charge on any atom is 0.274 e. The fourth-order valence-corrected chi connectivity index (χ4v) is 3.52. The number of methoxy groups -OCH3 is 1. The Bertz CT molecular complexity index is 976. The molecule has 1 atom stereocenters. The van der Waals surface area contributed by atoms with Gasteiger partial charge in [-0.1, -0.05) is 12.1 Å². The Kier molecular flexibility index (Phi) is 6.51. The zero-order chi connectivity index (χ0) is 19.5. The van der Waals surface area contributed by atoms with Gasteiger partial charge in [-0.3, -0.25) is 9.78 Å². The van der Waals surface area contributed by atoms with E-state index in [1.165, 1.54) is 0 Å². The van der Waals surface area contributed by atoms with Crippen molar-refractivity contribution in [2.45, 2.75) is 13.0 Å². The van der Waals surface area contributed by atoms with Crippen molar-refractivity contribution < 1.29 is 9.53 Å². The summed E-state index contributed by atoms with van der Waals surface area (Å²) < 4.78 is 7.14. The van der Waals surface area contributed by atoms with Gasteiger partial charge in [0, 0.05) is 38.2 Å². The molecular weight excluding hydrogens is 390 g/mol. The zero-order valence-corrected chi connectivity index (χ0v) is 17.2. The van der Waals surface area contributed by atoms with Gasteiger partial charge in [0.1, 0.15) is 11.4 Å². The first kappa shape index (κ1) is 20.8. The number of benzene rings is 1. The minimum atomic E-state index is -0.0827. The number of amides is 1. The Morgan fingerprint density at radius 1 is 1.28 bits per heavy atom. The van der Waals surface area contributed by atoms with Crippen LogP contribution in [0.3, 0.4) is 0 Å². The molecule has 1 amide bonds. The van der Waals surface area contributed by atoms with E-state index in [1.807, 2.05) is 48.4 Å². The fraction of sp³-hybridized carbons (Fsp3) is 0.286. The molecule has 0 bridgehead atoms. The van der Waals surface area contributed by atoms with E-state index in [0.717, 1.165) is 23.4 Å². The molecule has 8 heteroatoms. The normalized spacial score (nSPS) is 16.2. The van der Waals surface area contributed by atoms with Crippen molar-refractivity contribution in [3.8, 4) is 11.4 Å². The number of nitrogens with zero attached hydrogens (tertiary/aromatic N) is 4. The van der Waals surface area contributed by atoms with Gasteiger partial charge >= 0.3 is 0 Å². The van der Waals surface area contributed by atoms with E-state index >= 15 is 0 Å². The van der Waals surface area contributed by atoms with E-state index in [1.54, 1.807) is 30.3 Å². The highest BCUT2D eigenvalue weighted by Gasteiger charge is 2.30. The molecule has 1 aliphatic rings. The van der Waals surface area contributed by atoms with Crippen LogP contribution in [0.25, 0.3) is 5.69 Å². The number of pyridine rings is 1. The smallest absolute Gasteiger partial charge is 0.274 e. The first-order chi connectivity index (χ1) is 13.7. The van der Waals surface area contributed by atoms with Crippen LogP contribution in [0, 0.1) is 6.92 Å². The SMILES string of the molecule is COc1ccc(C)cc1-n1ccc(C(=O)N2CCNCC2c2cccnc2)n1.Cl. The lowest BCUT2D eigenvalue weighted by atomic mass is 10.0. The number of hydrogen-bond donors (Lipinski definition) is 1. The molecular formula is C21H24ClN5O2. The number of hydrogen-bond acceptors (Lipinski definition) is 5. The van der Waals surface area contributed by atoms with Crippen LogP contribution in [0.4, 0.5) is 0 Å². The predicted molar refractivity (Wildman–Crippen MR) is 113 cm³/mol. The quantitative estimate of drug-likeness (QED) is 0.712. The maximum absolute atomic E-state index is 13.2. The number of aryl methyl sites for hydroxylation is 1. The molecule has 3 heterocycles. The number of carbonyl (C=O) groups excluding carboxylic acids is 1. The number of ether oxygens (including phenoxy) is 1. The molecule has 0 saturated carbocycles. The number of nitrogens with one attached hydrogen (secondary N) is 1. The minimum Gasteiger partial charge on any atom is -0.494 e. The van der Waals surface area contributed by atoms with E-state index in [2.05, 4.69) is 15.4 Å². The van der Waals surface area contributed by atoms with Gasteiger partial charge in [-0.25, -0.2) is 4.68 Å². The molecule has 4 rings (SSSR count). The lowest BCUT2D eigenvalue weighted by Gasteiger charge is -2.36. The summed E-state index contributed by atoms with van der Waals surface area (Å²) >= 11 is 0. The maximum atomic E-state index is 13.2. The summed E-state index contributed by atoms with van der Waals surface area (Å²) in [5.74, 6) is 0.629. The molecule has 1 aromatic carbocycles. The molecule has 3 aromatic rings. The molecule has 7 nitrogen and oxygen atoms in total. The average molecular weight is 414 g/mol. The number of piperazine rings is 1. The van der Waals surface area contributed by atoms with E-state index in [-0.39, 0.29) is 24.4 Å². The molecule has 1 N–H and O–H groups in total. The van der Waals surface area contributed by atoms with E-state index < -0.39 is 0 Å². The first-order valence-corrected chi connectivity index (χ1v) is 9.29. The Morgan fingerprint density at radius 2 is 2.14 bits per heavy atom. The summed E-state index contributed by atoms with van der Waals surface area (Å²) in [6.45, 7) is 4.09. The van der Waals surface area contributed by atoms with Gasteiger partial charge in [-0.05, 0) is 42.3 Å². The third-order valence-electron chi connectivity index (χ3n) is 4.96. The second kappa shape index (κ2) is 9.07. The number of carbonyl (C=O) groups is 1. The third-order valence-corrected chi connectivity index (χ3v) is 4.96. The van der Waals surface area contributed by atoms with Gasteiger partial charge in [0.15, 0.2) is 5.69 Å². The Labute approximate surface area is 176 Å². The third kappa shape index (κ3) is 4.26. The Morgan fingerprint density at radius 3 is 2.90 bits per heavy atom. The highest BCUT2D eigenvalue weighted by atomic mass is 35.5. The van der Waals surface area contributed by atoms with Crippen molar-refractivity contribution >= 4 is 18.3 Å². The topological polar surface area (TPSA) is 72.3 Å². The van der Waals surface area contributed by atoms with Crippen LogP contribution in [-0.4, -0.2) is 52.3 Å². The second-order valence-electron chi connectivity index (χ2n) is 6.83. The molecule has 0 spiro atoms. The van der Waals surface area contributed by atoms with E-state index in [4.69, 9.17) is 4.74 Å². The Balaban J connectivity index is 0.00000240.